The maximum Gasteiger partial charge on any atom is 0.270 e. The summed E-state index contributed by atoms with van der Waals surface area (Å²) in [4.78, 5) is 57.0. The molecule has 0 spiro atoms. The fourth-order valence-corrected chi connectivity index (χ4v) is 6.46. The predicted molar refractivity (Wildman–Crippen MR) is 176 cm³/mol. The van der Waals surface area contributed by atoms with Gasteiger partial charge in [-0.2, -0.15) is 13.9 Å². The number of carbonyl (C=O) groups is 4. The molecule has 2 unspecified atom stereocenters. The predicted octanol–water partition coefficient (Wildman–Crippen LogP) is 3.52. The molecule has 1 aliphatic heterocycles. The van der Waals surface area contributed by atoms with Crippen LogP contribution in [0.4, 0.5) is 18.9 Å². The summed E-state index contributed by atoms with van der Waals surface area (Å²) >= 11 is 0. The van der Waals surface area contributed by atoms with Crippen LogP contribution in [0.15, 0.2) is 42.1 Å². The first-order chi connectivity index (χ1) is 23.3. The molecule has 0 bridgehead atoms. The number of allylic oxidation sites excluding steroid dienone is 1. The summed E-state index contributed by atoms with van der Waals surface area (Å²) < 4.78 is 49.2. The normalized spacial score (nSPS) is 20.2. The van der Waals surface area contributed by atoms with Crippen LogP contribution in [-0.2, 0) is 25.7 Å². The van der Waals surface area contributed by atoms with Gasteiger partial charge in [-0.25, -0.2) is 4.39 Å². The lowest BCUT2D eigenvalue weighted by Crippen LogP contribution is -2.58. The van der Waals surface area contributed by atoms with Gasteiger partial charge in [0.25, 0.3) is 12.0 Å². The zero-order valence-electron chi connectivity index (χ0n) is 28.6. The zero-order chi connectivity index (χ0) is 35.8. The van der Waals surface area contributed by atoms with Crippen LogP contribution in [0.5, 0.6) is 0 Å². The SMILES string of the molecule is CCn1nccc1C(=O)NC(C(=O)Nc1ccc([C@H](C)[C@@H](NC(=O)COC)C(=O)N2CCN(C)[C@H](C)C2)cc1F)C1CCCC(=C(F)F)C1. The number of ether oxygens (including phenoxy) is 1. The van der Waals surface area contributed by atoms with Crippen LogP contribution in [0.2, 0.25) is 0 Å². The quantitative estimate of drug-likeness (QED) is 0.310. The van der Waals surface area contributed by atoms with Crippen molar-refractivity contribution in [2.24, 2.45) is 5.92 Å². The molecule has 2 fully saturated rings. The van der Waals surface area contributed by atoms with Crippen molar-refractivity contribution >= 4 is 29.3 Å². The van der Waals surface area contributed by atoms with Gasteiger partial charge in [0.05, 0.1) is 5.69 Å². The van der Waals surface area contributed by atoms with Gasteiger partial charge < -0.3 is 30.5 Å². The van der Waals surface area contributed by atoms with E-state index in [-0.39, 0.29) is 48.4 Å². The lowest BCUT2D eigenvalue weighted by Gasteiger charge is -2.40. The maximum atomic E-state index is 15.7. The van der Waals surface area contributed by atoms with Gasteiger partial charge >= 0.3 is 0 Å². The van der Waals surface area contributed by atoms with E-state index in [1.807, 2.05) is 14.0 Å². The number of hydrogen-bond donors (Lipinski definition) is 3. The lowest BCUT2D eigenvalue weighted by molar-refractivity contribution is -0.140. The summed E-state index contributed by atoms with van der Waals surface area (Å²) in [6.45, 7) is 7.22. The fourth-order valence-electron chi connectivity index (χ4n) is 6.46. The molecule has 2 heterocycles. The molecule has 2 aromatic rings. The number of aryl methyl sites for hydroxylation is 1. The van der Waals surface area contributed by atoms with E-state index in [1.54, 1.807) is 24.8 Å². The van der Waals surface area contributed by atoms with Gasteiger partial charge in [0.1, 0.15) is 30.2 Å². The maximum absolute atomic E-state index is 15.7. The summed E-state index contributed by atoms with van der Waals surface area (Å²) in [5.74, 6) is -4.30. The topological polar surface area (TPSA) is 138 Å². The van der Waals surface area contributed by atoms with Gasteiger partial charge in [-0.1, -0.05) is 13.0 Å². The van der Waals surface area contributed by atoms with Crippen molar-refractivity contribution < 1.29 is 37.1 Å². The largest absolute Gasteiger partial charge is 0.375 e. The van der Waals surface area contributed by atoms with Crippen molar-refractivity contribution in [2.75, 3.05) is 45.7 Å². The summed E-state index contributed by atoms with van der Waals surface area (Å²) in [6.07, 6.45) is 0.547. The highest BCUT2D eigenvalue weighted by Gasteiger charge is 2.36. The molecule has 1 aromatic heterocycles. The number of piperazine rings is 1. The molecule has 268 valence electrons. The molecule has 1 saturated carbocycles. The van der Waals surface area contributed by atoms with Crippen molar-refractivity contribution in [3.05, 3.63) is 59.2 Å². The summed E-state index contributed by atoms with van der Waals surface area (Å²) in [5, 5.41) is 12.0. The average molecular weight is 690 g/mol. The molecule has 4 amide bonds. The number of benzene rings is 1. The molecular formula is C34H46F3N7O5. The number of nitrogens with one attached hydrogen (secondary N) is 3. The van der Waals surface area contributed by atoms with Crippen LogP contribution < -0.4 is 16.0 Å². The van der Waals surface area contributed by atoms with Gasteiger partial charge in [0, 0.05) is 51.4 Å². The molecule has 1 saturated heterocycles. The summed E-state index contributed by atoms with van der Waals surface area (Å²) in [5.41, 5.74) is 0.327. The third kappa shape index (κ3) is 9.26. The van der Waals surface area contributed by atoms with E-state index in [0.717, 1.165) is 0 Å². The van der Waals surface area contributed by atoms with E-state index in [0.29, 0.717) is 44.6 Å². The van der Waals surface area contributed by atoms with Crippen LogP contribution in [0.25, 0.3) is 0 Å². The summed E-state index contributed by atoms with van der Waals surface area (Å²) in [6, 6.07) is 3.41. The molecular weight excluding hydrogens is 643 g/mol. The molecule has 2 aliphatic rings. The Morgan fingerprint density at radius 1 is 1.12 bits per heavy atom. The van der Waals surface area contributed by atoms with Gasteiger partial charge in [-0.15, -0.1) is 0 Å². The standard InChI is InChI=1S/C34H46F3N7O5/c1-6-44-27(12-13-38-44)32(46)41-30(23-8-7-9-24(16-23)31(36)37)33(47)39-26-11-10-22(17-25(26)35)21(3)29(40-28(45)19-49-5)34(48)43-15-14-42(4)20(2)18-43/h10-13,17,20-21,23,29-30H,6-9,14-16,18-19H2,1-5H3,(H,39,47)(H,40,45)(H,41,46)/t20-,21+,23?,29-,30?/m1/s1. The van der Waals surface area contributed by atoms with E-state index < -0.39 is 53.5 Å². The van der Waals surface area contributed by atoms with E-state index in [1.165, 1.54) is 36.2 Å². The lowest BCUT2D eigenvalue weighted by atomic mass is 9.81. The number of anilines is 1. The first kappa shape index (κ1) is 37.6. The van der Waals surface area contributed by atoms with Gasteiger partial charge in [-0.3, -0.25) is 23.9 Å². The minimum atomic E-state index is -1.80. The van der Waals surface area contributed by atoms with Crippen LogP contribution in [-0.4, -0.2) is 102 Å². The second kappa shape index (κ2) is 16.9. The molecule has 49 heavy (non-hydrogen) atoms. The number of amides is 4. The van der Waals surface area contributed by atoms with Crippen LogP contribution in [0.1, 0.15) is 68.4 Å². The van der Waals surface area contributed by atoms with Crippen molar-refractivity contribution in [1.82, 2.24) is 30.2 Å². The number of halogens is 3. The molecule has 1 aromatic carbocycles. The molecule has 0 radical (unpaired) electrons. The number of likely N-dealkylation sites (N-methyl/N-ethyl adjacent to an activating group) is 1. The number of aromatic nitrogens is 2. The van der Waals surface area contributed by atoms with Crippen molar-refractivity contribution in [2.45, 2.75) is 77.0 Å². The Balaban J connectivity index is 1.56. The zero-order valence-corrected chi connectivity index (χ0v) is 28.6. The molecule has 12 nitrogen and oxygen atoms in total. The molecule has 15 heteroatoms. The van der Waals surface area contributed by atoms with Crippen LogP contribution >= 0.6 is 0 Å². The number of rotatable bonds is 12. The molecule has 4 rings (SSSR count). The summed E-state index contributed by atoms with van der Waals surface area (Å²) in [7, 11) is 3.34. The Labute approximate surface area is 284 Å². The monoisotopic (exact) mass is 689 g/mol. The van der Waals surface area contributed by atoms with Crippen molar-refractivity contribution in [3.63, 3.8) is 0 Å². The van der Waals surface area contributed by atoms with E-state index in [4.69, 9.17) is 4.74 Å². The number of methoxy groups -OCH3 is 1. The Kier molecular flexibility index (Phi) is 13.0. The van der Waals surface area contributed by atoms with Crippen molar-refractivity contribution in [1.29, 1.82) is 0 Å². The number of hydrogen-bond acceptors (Lipinski definition) is 7. The van der Waals surface area contributed by atoms with Gasteiger partial charge in [0.2, 0.25) is 17.7 Å². The highest BCUT2D eigenvalue weighted by molar-refractivity contribution is 6.00. The van der Waals surface area contributed by atoms with E-state index >= 15 is 4.39 Å². The second-order valence-corrected chi connectivity index (χ2v) is 12.8. The highest BCUT2D eigenvalue weighted by Crippen LogP contribution is 2.34. The molecule has 5 atom stereocenters. The Morgan fingerprint density at radius 3 is 2.53 bits per heavy atom. The Bertz CT molecular complexity index is 1550. The number of carbonyl (C=O) groups excluding carboxylic acids is 4. The number of nitrogens with zero attached hydrogens (tertiary/aromatic N) is 4. The Hall–Kier alpha value is -4.24. The molecule has 1 aliphatic carbocycles. The fraction of sp³-hybridized carbons (Fsp3) is 0.559. The van der Waals surface area contributed by atoms with Gasteiger partial charge in [0.15, 0.2) is 0 Å². The second-order valence-electron chi connectivity index (χ2n) is 12.8. The third-order valence-electron chi connectivity index (χ3n) is 9.52. The molecule has 3 N–H and O–H groups in total. The first-order valence-corrected chi connectivity index (χ1v) is 16.6. The van der Waals surface area contributed by atoms with Crippen LogP contribution in [0, 0.1) is 11.7 Å². The average Bonchev–Trinajstić information content (AvgIpc) is 3.57. The minimum absolute atomic E-state index is 0.0702. The van der Waals surface area contributed by atoms with Crippen molar-refractivity contribution in [3.8, 4) is 0 Å². The minimum Gasteiger partial charge on any atom is -0.375 e. The van der Waals surface area contributed by atoms with Crippen LogP contribution in [0.3, 0.4) is 0 Å². The highest BCUT2D eigenvalue weighted by atomic mass is 19.3. The van der Waals surface area contributed by atoms with E-state index in [9.17, 15) is 28.0 Å². The smallest absolute Gasteiger partial charge is 0.270 e. The third-order valence-corrected chi connectivity index (χ3v) is 9.52. The Morgan fingerprint density at radius 2 is 1.88 bits per heavy atom. The van der Waals surface area contributed by atoms with Gasteiger partial charge in [-0.05, 0) is 81.8 Å². The van der Waals surface area contributed by atoms with E-state index in [2.05, 4.69) is 25.9 Å². The first-order valence-electron chi connectivity index (χ1n) is 16.6.